The van der Waals surface area contributed by atoms with Crippen molar-refractivity contribution < 1.29 is 9.50 Å². The first kappa shape index (κ1) is 17.3. The highest BCUT2D eigenvalue weighted by Crippen LogP contribution is 2.23. The predicted octanol–water partition coefficient (Wildman–Crippen LogP) is 3.70. The number of hydrogen-bond donors (Lipinski definition) is 2. The van der Waals surface area contributed by atoms with Gasteiger partial charge in [-0.2, -0.15) is 5.10 Å². The number of aromatic nitrogens is 2. The van der Waals surface area contributed by atoms with Gasteiger partial charge in [-0.15, -0.1) is 0 Å². The van der Waals surface area contributed by atoms with Crippen LogP contribution in [0.15, 0.2) is 60.8 Å². The maximum Gasteiger partial charge on any atom is 0.123 e. The van der Waals surface area contributed by atoms with Gasteiger partial charge >= 0.3 is 0 Å². The highest BCUT2D eigenvalue weighted by Gasteiger charge is 2.18. The normalized spacial score (nSPS) is 13.6. The van der Waals surface area contributed by atoms with Gasteiger partial charge in [0.05, 0.1) is 24.5 Å². The molecule has 0 saturated heterocycles. The van der Waals surface area contributed by atoms with E-state index in [2.05, 4.69) is 10.4 Å². The lowest BCUT2D eigenvalue weighted by atomic mass is 10.0. The molecule has 3 rings (SSSR count). The number of aliphatic hydroxyl groups excluding tert-OH is 1. The summed E-state index contributed by atoms with van der Waals surface area (Å²) in [7, 11) is 0. The Balaban J connectivity index is 1.81. The van der Waals surface area contributed by atoms with Crippen molar-refractivity contribution in [2.24, 2.45) is 0 Å². The van der Waals surface area contributed by atoms with Gasteiger partial charge in [0.2, 0.25) is 0 Å². The molecule has 0 spiro atoms. The molecular formula is C20H22FN3O. The van der Waals surface area contributed by atoms with Gasteiger partial charge < -0.3 is 10.4 Å². The van der Waals surface area contributed by atoms with E-state index in [0.717, 1.165) is 22.5 Å². The van der Waals surface area contributed by atoms with Crippen LogP contribution < -0.4 is 5.32 Å². The lowest BCUT2D eigenvalue weighted by Crippen LogP contribution is -2.27. The second kappa shape index (κ2) is 7.59. The molecule has 3 aromatic rings. The lowest BCUT2D eigenvalue weighted by molar-refractivity contribution is 0.235. The molecule has 0 bridgehead atoms. The van der Waals surface area contributed by atoms with Crippen LogP contribution in [-0.4, -0.2) is 21.5 Å². The van der Waals surface area contributed by atoms with Crippen LogP contribution in [0.3, 0.4) is 0 Å². The molecule has 2 N–H and O–H groups in total. The number of aliphatic hydroxyl groups is 1. The SMILES string of the molecule is Cc1c(C(C)NC(CO)c2ccccc2)cnn1-c1ccc(F)cc1. The van der Waals surface area contributed by atoms with Gasteiger partial charge in [-0.25, -0.2) is 9.07 Å². The fourth-order valence-corrected chi connectivity index (χ4v) is 3.02. The third-order valence-corrected chi connectivity index (χ3v) is 4.42. The first-order valence-corrected chi connectivity index (χ1v) is 8.32. The molecule has 1 aromatic heterocycles. The average molecular weight is 339 g/mol. The minimum Gasteiger partial charge on any atom is -0.394 e. The largest absolute Gasteiger partial charge is 0.394 e. The number of rotatable bonds is 6. The van der Waals surface area contributed by atoms with Crippen molar-refractivity contribution in [2.45, 2.75) is 25.9 Å². The summed E-state index contributed by atoms with van der Waals surface area (Å²) >= 11 is 0. The molecule has 25 heavy (non-hydrogen) atoms. The Morgan fingerprint density at radius 3 is 2.44 bits per heavy atom. The fourth-order valence-electron chi connectivity index (χ4n) is 3.02. The van der Waals surface area contributed by atoms with E-state index in [9.17, 15) is 9.50 Å². The van der Waals surface area contributed by atoms with E-state index in [1.807, 2.05) is 50.4 Å². The Kier molecular flexibility index (Phi) is 5.26. The molecular weight excluding hydrogens is 317 g/mol. The van der Waals surface area contributed by atoms with Gasteiger partial charge in [-0.1, -0.05) is 30.3 Å². The Morgan fingerprint density at radius 2 is 1.80 bits per heavy atom. The summed E-state index contributed by atoms with van der Waals surface area (Å²) in [5.74, 6) is -0.266. The first-order valence-electron chi connectivity index (χ1n) is 8.32. The van der Waals surface area contributed by atoms with Crippen LogP contribution in [0.2, 0.25) is 0 Å². The standard InChI is InChI=1S/C20H22FN3O/c1-14(23-20(13-25)16-6-4-3-5-7-16)19-12-22-24(15(19)2)18-10-8-17(21)9-11-18/h3-12,14,20,23,25H,13H2,1-2H3. The maximum absolute atomic E-state index is 13.1. The zero-order valence-electron chi connectivity index (χ0n) is 14.4. The van der Waals surface area contributed by atoms with Gasteiger partial charge in [-0.3, -0.25) is 0 Å². The van der Waals surface area contributed by atoms with Crippen molar-refractivity contribution >= 4 is 0 Å². The van der Waals surface area contributed by atoms with Crippen LogP contribution in [0.1, 0.15) is 35.8 Å². The van der Waals surface area contributed by atoms with E-state index in [1.54, 1.807) is 16.8 Å². The molecule has 0 fully saturated rings. The first-order chi connectivity index (χ1) is 12.1. The quantitative estimate of drug-likeness (QED) is 0.720. The summed E-state index contributed by atoms with van der Waals surface area (Å²) in [4.78, 5) is 0. The number of nitrogens with zero attached hydrogens (tertiary/aromatic N) is 2. The van der Waals surface area contributed by atoms with Crippen LogP contribution >= 0.6 is 0 Å². The minimum atomic E-state index is -0.266. The van der Waals surface area contributed by atoms with Crippen molar-refractivity contribution in [3.8, 4) is 5.69 Å². The second-order valence-corrected chi connectivity index (χ2v) is 6.11. The lowest BCUT2D eigenvalue weighted by Gasteiger charge is -2.22. The molecule has 0 aliphatic heterocycles. The van der Waals surface area contributed by atoms with Crippen molar-refractivity contribution in [2.75, 3.05) is 6.61 Å². The van der Waals surface area contributed by atoms with Crippen LogP contribution in [-0.2, 0) is 0 Å². The molecule has 130 valence electrons. The highest BCUT2D eigenvalue weighted by atomic mass is 19.1. The number of nitrogens with one attached hydrogen (secondary N) is 1. The topological polar surface area (TPSA) is 50.1 Å². The average Bonchev–Trinajstić information content (AvgIpc) is 3.02. The second-order valence-electron chi connectivity index (χ2n) is 6.11. The third-order valence-electron chi connectivity index (χ3n) is 4.42. The fraction of sp³-hybridized carbons (Fsp3) is 0.250. The van der Waals surface area contributed by atoms with Gasteiger partial charge in [0.1, 0.15) is 5.82 Å². The van der Waals surface area contributed by atoms with Crippen molar-refractivity contribution in [1.82, 2.24) is 15.1 Å². The predicted molar refractivity (Wildman–Crippen MR) is 96.1 cm³/mol. The van der Waals surface area contributed by atoms with Gasteiger partial charge in [0.25, 0.3) is 0 Å². The molecule has 2 unspecified atom stereocenters. The Morgan fingerprint density at radius 1 is 1.12 bits per heavy atom. The molecule has 2 aromatic carbocycles. The molecule has 1 heterocycles. The molecule has 5 heteroatoms. The molecule has 0 amide bonds. The summed E-state index contributed by atoms with van der Waals surface area (Å²) in [5.41, 5.74) is 3.88. The smallest absolute Gasteiger partial charge is 0.123 e. The monoisotopic (exact) mass is 339 g/mol. The van der Waals surface area contributed by atoms with E-state index in [-0.39, 0.29) is 24.5 Å². The van der Waals surface area contributed by atoms with E-state index in [4.69, 9.17) is 0 Å². The Bertz CT molecular complexity index is 815. The minimum absolute atomic E-state index is 0.00607. The molecule has 0 aliphatic carbocycles. The summed E-state index contributed by atoms with van der Waals surface area (Å²) < 4.78 is 14.9. The summed E-state index contributed by atoms with van der Waals surface area (Å²) in [5, 5.41) is 17.6. The van der Waals surface area contributed by atoms with Gasteiger partial charge in [-0.05, 0) is 43.7 Å². The zero-order valence-corrected chi connectivity index (χ0v) is 14.4. The summed E-state index contributed by atoms with van der Waals surface area (Å²) in [6.07, 6.45) is 1.82. The van der Waals surface area contributed by atoms with Crippen LogP contribution in [0.5, 0.6) is 0 Å². The van der Waals surface area contributed by atoms with Crippen molar-refractivity contribution in [1.29, 1.82) is 0 Å². The van der Waals surface area contributed by atoms with Crippen molar-refractivity contribution in [3.05, 3.63) is 83.4 Å². The number of benzene rings is 2. The Hall–Kier alpha value is -2.50. The van der Waals surface area contributed by atoms with E-state index >= 15 is 0 Å². The molecule has 0 radical (unpaired) electrons. The molecule has 0 aliphatic rings. The van der Waals surface area contributed by atoms with Crippen LogP contribution in [0.25, 0.3) is 5.69 Å². The molecule has 0 saturated carbocycles. The van der Waals surface area contributed by atoms with E-state index in [0.29, 0.717) is 0 Å². The van der Waals surface area contributed by atoms with E-state index < -0.39 is 0 Å². The van der Waals surface area contributed by atoms with E-state index in [1.165, 1.54) is 12.1 Å². The third kappa shape index (κ3) is 3.78. The summed E-state index contributed by atoms with van der Waals surface area (Å²) in [6.45, 7) is 4.05. The van der Waals surface area contributed by atoms with Crippen molar-refractivity contribution in [3.63, 3.8) is 0 Å². The summed E-state index contributed by atoms with van der Waals surface area (Å²) in [6, 6.07) is 16.0. The van der Waals surface area contributed by atoms with Gasteiger partial charge in [0, 0.05) is 17.3 Å². The number of hydrogen-bond acceptors (Lipinski definition) is 3. The van der Waals surface area contributed by atoms with Gasteiger partial charge in [0.15, 0.2) is 0 Å². The zero-order chi connectivity index (χ0) is 17.8. The highest BCUT2D eigenvalue weighted by molar-refractivity contribution is 5.35. The molecule has 2 atom stereocenters. The van der Waals surface area contributed by atoms with Crippen LogP contribution in [0, 0.1) is 12.7 Å². The number of halogens is 1. The maximum atomic E-state index is 13.1. The Labute approximate surface area is 146 Å². The molecule has 4 nitrogen and oxygen atoms in total. The van der Waals surface area contributed by atoms with Crippen LogP contribution in [0.4, 0.5) is 4.39 Å².